The first-order chi connectivity index (χ1) is 25.4. The van der Waals surface area contributed by atoms with E-state index in [0.29, 0.717) is 30.7 Å². The Kier molecular flexibility index (Phi) is 11.2. The fraction of sp³-hybridized carbons (Fsp3) is 0.870. The normalized spacial score (nSPS) is 37.7. The smallest absolute Gasteiger partial charge is 0.309 e. The lowest BCUT2D eigenvalue weighted by Crippen LogP contribution is -2.66. The molecular weight excluding hydrogens is 693 g/mol. The maximum atomic E-state index is 14.2. The van der Waals surface area contributed by atoms with Gasteiger partial charge in [0.2, 0.25) is 5.91 Å². The van der Waals surface area contributed by atoms with Crippen molar-refractivity contribution in [3.63, 3.8) is 0 Å². The van der Waals surface area contributed by atoms with E-state index in [4.69, 9.17) is 4.74 Å². The summed E-state index contributed by atoms with van der Waals surface area (Å²) in [5.74, 6) is 0.523. The standard InChI is InChI=1S/C46H74N2O7/c1-28(2)38-31(49)23-46(34(50)26-48(25-29-13-12-14-29)27-36(51)47(10)11)22-21-44(8)30(39(38)46)15-16-33-43(7)19-18-35(55-37(52)24-41(3,4)40(53)54)42(5,6)32(43)17-20-45(33,44)9/h28-30,32-35,50H,12-27H2,1-11H3,(H,53,54)/t30-,32+,33-,34+,35+,43+,44-,45-,46+/m1/s1. The van der Waals surface area contributed by atoms with Gasteiger partial charge in [0.1, 0.15) is 6.10 Å². The second-order valence-corrected chi connectivity index (χ2v) is 21.9. The number of carboxylic acid groups (broad SMARTS) is 1. The summed E-state index contributed by atoms with van der Waals surface area (Å²) >= 11 is 0. The van der Waals surface area contributed by atoms with Crippen LogP contribution in [0.1, 0.15) is 146 Å². The Morgan fingerprint density at radius 2 is 1.56 bits per heavy atom. The van der Waals surface area contributed by atoms with Crippen molar-refractivity contribution in [1.29, 1.82) is 0 Å². The number of aliphatic hydroxyl groups is 1. The van der Waals surface area contributed by atoms with E-state index in [1.54, 1.807) is 32.8 Å². The van der Waals surface area contributed by atoms with Crippen LogP contribution < -0.4 is 0 Å². The van der Waals surface area contributed by atoms with Crippen LogP contribution in [0.15, 0.2) is 11.1 Å². The predicted octanol–water partition coefficient (Wildman–Crippen LogP) is 7.93. The number of hydrogen-bond acceptors (Lipinski definition) is 7. The van der Waals surface area contributed by atoms with Gasteiger partial charge in [-0.2, -0.15) is 0 Å². The summed E-state index contributed by atoms with van der Waals surface area (Å²) in [6.45, 7) is 21.1. The number of hydrogen-bond donors (Lipinski definition) is 2. The molecule has 1 amide bonds. The molecule has 0 bridgehead atoms. The minimum Gasteiger partial charge on any atom is -0.481 e. The average Bonchev–Trinajstić information content (AvgIpc) is 3.37. The van der Waals surface area contributed by atoms with Crippen LogP contribution in [0.2, 0.25) is 0 Å². The number of ether oxygens (including phenoxy) is 1. The first-order valence-electron chi connectivity index (χ1n) is 21.8. The zero-order valence-electron chi connectivity index (χ0n) is 36.2. The van der Waals surface area contributed by atoms with Crippen molar-refractivity contribution in [2.24, 2.45) is 62.1 Å². The van der Waals surface area contributed by atoms with Gasteiger partial charge in [0, 0.05) is 44.4 Å². The lowest BCUT2D eigenvalue weighted by molar-refractivity contribution is -0.235. The molecule has 6 rings (SSSR count). The largest absolute Gasteiger partial charge is 0.481 e. The van der Waals surface area contributed by atoms with Crippen LogP contribution in [-0.4, -0.2) is 89.6 Å². The fourth-order valence-corrected chi connectivity index (χ4v) is 13.9. The fourth-order valence-electron chi connectivity index (χ4n) is 13.9. The highest BCUT2D eigenvalue weighted by Gasteiger charge is 2.71. The monoisotopic (exact) mass is 767 g/mol. The molecule has 0 aromatic heterocycles. The number of amides is 1. The van der Waals surface area contributed by atoms with Gasteiger partial charge in [-0.1, -0.05) is 60.5 Å². The van der Waals surface area contributed by atoms with Crippen molar-refractivity contribution < 1.29 is 34.1 Å². The molecule has 9 nitrogen and oxygen atoms in total. The quantitative estimate of drug-likeness (QED) is 0.192. The van der Waals surface area contributed by atoms with Crippen molar-refractivity contribution in [2.75, 3.05) is 33.7 Å². The van der Waals surface area contributed by atoms with Gasteiger partial charge in [-0.15, -0.1) is 0 Å². The second kappa shape index (κ2) is 14.5. The Hall–Kier alpha value is -2.26. The first-order valence-corrected chi connectivity index (χ1v) is 21.8. The molecule has 6 aliphatic carbocycles. The summed E-state index contributed by atoms with van der Waals surface area (Å²) in [7, 11) is 3.59. The Morgan fingerprint density at radius 1 is 0.891 bits per heavy atom. The number of aliphatic hydroxyl groups excluding tert-OH is 1. The molecule has 6 aliphatic rings. The molecule has 0 saturated heterocycles. The lowest BCUT2D eigenvalue weighted by atomic mass is 9.33. The first kappa shape index (κ1) is 42.3. The molecule has 0 spiro atoms. The number of rotatable bonds is 12. The third-order valence-electron chi connectivity index (χ3n) is 17.5. The summed E-state index contributed by atoms with van der Waals surface area (Å²) in [4.78, 5) is 56.0. The highest BCUT2D eigenvalue weighted by Crippen LogP contribution is 2.77. The Balaban J connectivity index is 1.28. The van der Waals surface area contributed by atoms with Gasteiger partial charge in [-0.05, 0) is 129 Å². The van der Waals surface area contributed by atoms with Crippen LogP contribution in [0.4, 0.5) is 0 Å². The summed E-state index contributed by atoms with van der Waals surface area (Å²) < 4.78 is 6.18. The van der Waals surface area contributed by atoms with Crippen LogP contribution in [0.5, 0.6) is 0 Å². The van der Waals surface area contributed by atoms with E-state index in [9.17, 15) is 29.4 Å². The topological polar surface area (TPSA) is 124 Å². The van der Waals surface area contributed by atoms with Gasteiger partial charge in [0.05, 0.1) is 24.5 Å². The highest BCUT2D eigenvalue weighted by molar-refractivity contribution is 6.00. The van der Waals surface area contributed by atoms with E-state index in [1.807, 2.05) is 0 Å². The molecule has 55 heavy (non-hydrogen) atoms. The Labute approximate surface area is 331 Å². The lowest BCUT2D eigenvalue weighted by Gasteiger charge is -2.72. The van der Waals surface area contributed by atoms with E-state index in [-0.39, 0.29) is 64.3 Å². The molecule has 9 atom stereocenters. The highest BCUT2D eigenvalue weighted by atomic mass is 16.5. The SMILES string of the molecule is CC(C)C1=C2[C@H]3CC[C@@H]4[C@@]5(C)CC[C@H](OC(=O)CC(C)(C)C(=O)O)C(C)(C)[C@@H]5CC[C@@]4(C)[C@]3(C)CC[C@@]2([C@@H](O)CN(CC(=O)N(C)C)CC2CCC2)CC1=O. The van der Waals surface area contributed by atoms with Crippen LogP contribution in [0.25, 0.3) is 0 Å². The van der Waals surface area contributed by atoms with Gasteiger partial charge < -0.3 is 19.8 Å². The zero-order chi connectivity index (χ0) is 40.7. The molecular formula is C46H74N2O7. The van der Waals surface area contributed by atoms with Gasteiger partial charge in [0.25, 0.3) is 0 Å². The summed E-state index contributed by atoms with van der Waals surface area (Å²) in [5, 5.41) is 22.2. The average molecular weight is 767 g/mol. The van der Waals surface area contributed by atoms with Crippen LogP contribution in [0, 0.1) is 62.1 Å². The van der Waals surface area contributed by atoms with Gasteiger partial charge >= 0.3 is 11.9 Å². The molecule has 0 heterocycles. The summed E-state index contributed by atoms with van der Waals surface area (Å²) in [5.41, 5.74) is 0.241. The predicted molar refractivity (Wildman–Crippen MR) is 214 cm³/mol. The van der Waals surface area contributed by atoms with E-state index in [1.165, 1.54) is 24.8 Å². The van der Waals surface area contributed by atoms with Crippen molar-refractivity contribution in [3.8, 4) is 0 Å². The van der Waals surface area contributed by atoms with Crippen LogP contribution in [0.3, 0.4) is 0 Å². The number of nitrogens with zero attached hydrogens (tertiary/aromatic N) is 2. The maximum absolute atomic E-state index is 14.2. The number of carboxylic acids is 1. The molecule has 5 saturated carbocycles. The van der Waals surface area contributed by atoms with Crippen molar-refractivity contribution in [2.45, 2.75) is 158 Å². The van der Waals surface area contributed by atoms with Crippen molar-refractivity contribution in [3.05, 3.63) is 11.1 Å². The number of allylic oxidation sites excluding steroid dienone is 1. The van der Waals surface area contributed by atoms with Crippen molar-refractivity contribution >= 4 is 23.6 Å². The van der Waals surface area contributed by atoms with Crippen LogP contribution >= 0.6 is 0 Å². The molecule has 5 fully saturated rings. The molecule has 2 N–H and O–H groups in total. The minimum atomic E-state index is -1.17. The third-order valence-corrected chi connectivity index (χ3v) is 17.5. The molecule has 9 heteroatoms. The number of aliphatic carboxylic acids is 1. The zero-order valence-corrected chi connectivity index (χ0v) is 36.2. The van der Waals surface area contributed by atoms with E-state index in [0.717, 1.165) is 63.5 Å². The molecule has 0 aromatic carbocycles. The van der Waals surface area contributed by atoms with Gasteiger partial charge in [-0.25, -0.2) is 0 Å². The van der Waals surface area contributed by atoms with E-state index < -0.39 is 28.9 Å². The minimum absolute atomic E-state index is 0.0263. The van der Waals surface area contributed by atoms with Gasteiger partial charge in [-0.3, -0.25) is 24.1 Å². The third kappa shape index (κ3) is 6.85. The molecule has 0 unspecified atom stereocenters. The number of fused-ring (bicyclic) bond motifs is 7. The molecule has 0 aromatic rings. The number of carbonyl (C=O) groups is 4. The number of Topliss-reactive ketones (excluding diaryl/α,β-unsaturated/α-hetero) is 1. The van der Waals surface area contributed by atoms with E-state index in [2.05, 4.69) is 53.4 Å². The number of carbonyl (C=O) groups excluding carboxylic acids is 3. The number of esters is 1. The number of likely N-dealkylation sites (N-methyl/N-ethyl adjacent to an activating group) is 1. The molecule has 310 valence electrons. The second-order valence-electron chi connectivity index (χ2n) is 21.9. The molecule has 0 aliphatic heterocycles. The summed E-state index contributed by atoms with van der Waals surface area (Å²) in [6.07, 6.45) is 10.5. The Morgan fingerprint density at radius 3 is 2.15 bits per heavy atom. The maximum Gasteiger partial charge on any atom is 0.309 e. The van der Waals surface area contributed by atoms with Crippen LogP contribution in [-0.2, 0) is 23.9 Å². The number of ketones is 1. The Bertz CT molecular complexity index is 1580. The van der Waals surface area contributed by atoms with Crippen molar-refractivity contribution in [1.82, 2.24) is 9.80 Å². The molecule has 0 radical (unpaired) electrons. The van der Waals surface area contributed by atoms with E-state index >= 15 is 0 Å². The van der Waals surface area contributed by atoms with Gasteiger partial charge in [0.15, 0.2) is 5.78 Å². The summed E-state index contributed by atoms with van der Waals surface area (Å²) in [6, 6.07) is 0.